The lowest BCUT2D eigenvalue weighted by molar-refractivity contribution is 0.112. The van der Waals surface area contributed by atoms with Crippen LogP contribution >= 0.6 is 0 Å². The number of aldehydes is 1. The smallest absolute Gasteiger partial charge is 0.150 e. The molecule has 0 heterocycles. The molecule has 0 aliphatic carbocycles. The average molecular weight is 322 g/mol. The van der Waals surface area contributed by atoms with Gasteiger partial charge in [-0.3, -0.25) is 4.79 Å². The van der Waals surface area contributed by atoms with Gasteiger partial charge in [0.1, 0.15) is 6.29 Å². The van der Waals surface area contributed by atoms with E-state index in [0.717, 1.165) is 37.5 Å². The van der Waals surface area contributed by atoms with Gasteiger partial charge >= 0.3 is 0 Å². The quantitative estimate of drug-likeness (QED) is 0.273. The Kier molecular flexibility index (Phi) is 9.45. The number of hydrogen-bond donors (Lipinski definition) is 0. The maximum absolute atomic E-state index is 10.6. The number of rotatable bonds is 9. The van der Waals surface area contributed by atoms with Crippen LogP contribution in [0.2, 0.25) is 0 Å². The molecule has 24 heavy (non-hydrogen) atoms. The summed E-state index contributed by atoms with van der Waals surface area (Å²) in [5.74, 6) is 0. The third kappa shape index (κ3) is 9.09. The second-order valence-electron chi connectivity index (χ2n) is 6.57. The van der Waals surface area contributed by atoms with Crippen LogP contribution in [0.3, 0.4) is 0 Å². The summed E-state index contributed by atoms with van der Waals surface area (Å²) in [6, 6.07) is 7.60. The first kappa shape index (κ1) is 19.9. The maximum Gasteiger partial charge on any atom is 0.150 e. The van der Waals surface area contributed by atoms with Crippen LogP contribution in [-0.4, -0.2) is 6.29 Å². The number of carbonyl (C=O) groups excluding carboxylic acids is 1. The third-order valence-electron chi connectivity index (χ3n) is 3.86. The summed E-state index contributed by atoms with van der Waals surface area (Å²) < 4.78 is 0. The van der Waals surface area contributed by atoms with Crippen molar-refractivity contribution in [2.45, 2.75) is 53.4 Å². The summed E-state index contributed by atoms with van der Waals surface area (Å²) in [5, 5.41) is 0. The van der Waals surface area contributed by atoms with E-state index in [0.29, 0.717) is 5.56 Å². The van der Waals surface area contributed by atoms with E-state index < -0.39 is 0 Å². The van der Waals surface area contributed by atoms with Gasteiger partial charge in [0.05, 0.1) is 0 Å². The van der Waals surface area contributed by atoms with Crippen LogP contribution in [0.1, 0.15) is 69.3 Å². The van der Waals surface area contributed by atoms with Crippen molar-refractivity contribution in [3.63, 3.8) is 0 Å². The van der Waals surface area contributed by atoms with Gasteiger partial charge in [-0.25, -0.2) is 0 Å². The minimum Gasteiger partial charge on any atom is -0.298 e. The van der Waals surface area contributed by atoms with Gasteiger partial charge in [-0.1, -0.05) is 71.4 Å². The minimum absolute atomic E-state index is 0.714. The van der Waals surface area contributed by atoms with E-state index in [4.69, 9.17) is 0 Å². The molecule has 1 rings (SSSR count). The zero-order valence-electron chi connectivity index (χ0n) is 15.5. The van der Waals surface area contributed by atoms with E-state index >= 15 is 0 Å². The molecule has 128 valence electrons. The highest BCUT2D eigenvalue weighted by Crippen LogP contribution is 2.12. The molecule has 0 aliphatic rings. The van der Waals surface area contributed by atoms with Crippen LogP contribution < -0.4 is 0 Å². The van der Waals surface area contributed by atoms with Crippen molar-refractivity contribution >= 4 is 12.4 Å². The Morgan fingerprint density at radius 3 is 2.04 bits per heavy atom. The molecule has 0 N–H and O–H groups in total. The summed E-state index contributed by atoms with van der Waals surface area (Å²) in [5.41, 5.74) is 6.08. The highest BCUT2D eigenvalue weighted by molar-refractivity contribution is 5.75. The van der Waals surface area contributed by atoms with E-state index in [9.17, 15) is 4.79 Å². The Morgan fingerprint density at radius 1 is 0.833 bits per heavy atom. The zero-order chi connectivity index (χ0) is 17.8. The van der Waals surface area contributed by atoms with Crippen molar-refractivity contribution in [2.75, 3.05) is 0 Å². The molecular formula is C23H30O. The van der Waals surface area contributed by atoms with Gasteiger partial charge in [0.2, 0.25) is 0 Å². The molecule has 1 nitrogen and oxygen atoms in total. The van der Waals surface area contributed by atoms with Crippen LogP contribution in [-0.2, 0) is 0 Å². The van der Waals surface area contributed by atoms with Gasteiger partial charge in [-0.05, 0) is 58.9 Å². The molecule has 0 bridgehead atoms. The van der Waals surface area contributed by atoms with Gasteiger partial charge in [0.15, 0.2) is 0 Å². The monoisotopic (exact) mass is 322 g/mol. The first-order chi connectivity index (χ1) is 11.5. The van der Waals surface area contributed by atoms with Crippen LogP contribution in [0.4, 0.5) is 0 Å². The lowest BCUT2D eigenvalue weighted by Crippen LogP contribution is -1.80. The van der Waals surface area contributed by atoms with Gasteiger partial charge in [0.25, 0.3) is 0 Å². The van der Waals surface area contributed by atoms with Crippen LogP contribution in [0.5, 0.6) is 0 Å². The molecule has 0 saturated carbocycles. The zero-order valence-corrected chi connectivity index (χ0v) is 15.5. The van der Waals surface area contributed by atoms with E-state index in [2.05, 4.69) is 58.1 Å². The largest absolute Gasteiger partial charge is 0.298 e. The molecule has 0 unspecified atom stereocenters. The summed E-state index contributed by atoms with van der Waals surface area (Å²) in [7, 11) is 0. The number of allylic oxidation sites excluding steroid dienone is 7. The first-order valence-corrected chi connectivity index (χ1v) is 8.69. The second kappa shape index (κ2) is 11.4. The van der Waals surface area contributed by atoms with Crippen molar-refractivity contribution in [1.82, 2.24) is 0 Å². The van der Waals surface area contributed by atoms with E-state index in [1.165, 1.54) is 16.7 Å². The molecule has 0 aromatic heterocycles. The fourth-order valence-electron chi connectivity index (χ4n) is 2.33. The molecule has 1 aromatic carbocycles. The summed E-state index contributed by atoms with van der Waals surface area (Å²) in [4.78, 5) is 10.6. The predicted octanol–water partition coefficient (Wildman–Crippen LogP) is 6.93. The molecule has 0 aliphatic heterocycles. The fourth-order valence-corrected chi connectivity index (χ4v) is 2.33. The van der Waals surface area contributed by atoms with Crippen molar-refractivity contribution in [2.24, 2.45) is 0 Å². The molecule has 0 amide bonds. The molecular weight excluding hydrogens is 292 g/mol. The van der Waals surface area contributed by atoms with Crippen LogP contribution in [0.25, 0.3) is 6.08 Å². The Hall–Kier alpha value is -2.15. The van der Waals surface area contributed by atoms with Crippen molar-refractivity contribution < 1.29 is 4.79 Å². The van der Waals surface area contributed by atoms with Gasteiger partial charge in [-0.2, -0.15) is 0 Å². The summed E-state index contributed by atoms with van der Waals surface area (Å²) >= 11 is 0. The van der Waals surface area contributed by atoms with Gasteiger partial charge in [-0.15, -0.1) is 0 Å². The van der Waals surface area contributed by atoms with Gasteiger partial charge < -0.3 is 0 Å². The number of hydrogen-bond acceptors (Lipinski definition) is 1. The highest BCUT2D eigenvalue weighted by Gasteiger charge is 1.92. The van der Waals surface area contributed by atoms with Crippen molar-refractivity contribution in [1.29, 1.82) is 0 Å². The van der Waals surface area contributed by atoms with Crippen LogP contribution in [0, 0.1) is 0 Å². The third-order valence-corrected chi connectivity index (χ3v) is 3.86. The normalized spacial score (nSPS) is 12.5. The lowest BCUT2D eigenvalue weighted by Gasteiger charge is -2.00. The second-order valence-corrected chi connectivity index (χ2v) is 6.57. The Bertz CT molecular complexity index is 621. The Balaban J connectivity index is 2.39. The fraction of sp³-hybridized carbons (Fsp3) is 0.348. The molecule has 1 aromatic rings. The first-order valence-electron chi connectivity index (χ1n) is 8.69. The molecule has 0 radical (unpaired) electrons. The summed E-state index contributed by atoms with van der Waals surface area (Å²) in [6.45, 7) is 8.70. The predicted molar refractivity (Wildman–Crippen MR) is 106 cm³/mol. The topological polar surface area (TPSA) is 17.1 Å². The molecule has 0 saturated heterocycles. The number of carbonyl (C=O) groups is 1. The molecule has 0 spiro atoms. The molecule has 1 heteroatoms. The molecule has 0 atom stereocenters. The average Bonchev–Trinajstić information content (AvgIpc) is 2.55. The van der Waals surface area contributed by atoms with Crippen molar-refractivity contribution in [3.05, 3.63) is 76.4 Å². The SMILES string of the molecule is CC(C)=CCC/C(C)=C/CC/C(C)=C/C=C/c1ccc(C=O)cc1. The number of benzene rings is 1. The Morgan fingerprint density at radius 2 is 1.42 bits per heavy atom. The van der Waals surface area contributed by atoms with E-state index in [1.807, 2.05) is 24.3 Å². The maximum atomic E-state index is 10.6. The lowest BCUT2D eigenvalue weighted by atomic mass is 10.1. The molecule has 0 fully saturated rings. The van der Waals surface area contributed by atoms with Crippen molar-refractivity contribution in [3.8, 4) is 0 Å². The highest BCUT2D eigenvalue weighted by atomic mass is 16.1. The van der Waals surface area contributed by atoms with Gasteiger partial charge in [0, 0.05) is 5.56 Å². The Labute approximate surface area is 147 Å². The van der Waals surface area contributed by atoms with E-state index in [-0.39, 0.29) is 0 Å². The van der Waals surface area contributed by atoms with Crippen LogP contribution in [0.15, 0.2) is 65.3 Å². The van der Waals surface area contributed by atoms with E-state index in [1.54, 1.807) is 0 Å². The minimum atomic E-state index is 0.714. The summed E-state index contributed by atoms with van der Waals surface area (Å²) in [6.07, 6.45) is 16.3. The standard InChI is InChI=1S/C23H30O/c1-19(2)8-5-9-20(3)10-6-11-21(4)12-7-13-22-14-16-23(18-24)17-15-22/h7-8,10,12-18H,5-6,9,11H2,1-4H3/b13-7+,20-10+,21-12+.